The first-order valence-corrected chi connectivity index (χ1v) is 8.68. The molecule has 0 aliphatic carbocycles. The summed E-state index contributed by atoms with van der Waals surface area (Å²) in [5.41, 5.74) is 0.842. The van der Waals surface area contributed by atoms with Crippen LogP contribution < -0.4 is 0 Å². The largest absolute Gasteiger partial charge is 0.450 e. The molecule has 7 heteroatoms. The van der Waals surface area contributed by atoms with Gasteiger partial charge in [-0.3, -0.25) is 4.79 Å². The number of ketones is 1. The lowest BCUT2D eigenvalue weighted by Gasteiger charge is -2.12. The van der Waals surface area contributed by atoms with E-state index in [2.05, 4.69) is 0 Å². The van der Waals surface area contributed by atoms with Crippen molar-refractivity contribution in [2.45, 2.75) is 18.3 Å². The zero-order valence-corrected chi connectivity index (χ0v) is 15.0. The fraction of sp³-hybridized carbons (Fsp3) is 0.235. The second-order valence-corrected chi connectivity index (χ2v) is 6.92. The molecule has 2 aromatic carbocycles. The van der Waals surface area contributed by atoms with Crippen molar-refractivity contribution in [1.29, 1.82) is 0 Å². The van der Waals surface area contributed by atoms with Crippen LogP contribution in [0.4, 0.5) is 13.2 Å². The number of hydrogen-bond donors (Lipinski definition) is 0. The van der Waals surface area contributed by atoms with E-state index in [0.717, 1.165) is 22.3 Å². The average molecular weight is 395 g/mol. The van der Waals surface area contributed by atoms with E-state index in [0.29, 0.717) is 5.02 Å². The van der Waals surface area contributed by atoms with Crippen LogP contribution in [0.3, 0.4) is 0 Å². The lowest BCUT2D eigenvalue weighted by Crippen LogP contribution is -2.24. The maximum atomic E-state index is 12.0. The molecule has 1 nitrogen and oxygen atoms in total. The Labute approximate surface area is 153 Å². The van der Waals surface area contributed by atoms with Crippen LogP contribution in [0.15, 0.2) is 54.6 Å². The number of benzene rings is 2. The Morgan fingerprint density at radius 1 is 1.00 bits per heavy atom. The van der Waals surface area contributed by atoms with Crippen LogP contribution in [0.1, 0.15) is 17.7 Å². The summed E-state index contributed by atoms with van der Waals surface area (Å²) in [4.78, 5) is 10.7. The second kappa shape index (κ2) is 9.97. The molecule has 1 unspecified atom stereocenters. The zero-order valence-electron chi connectivity index (χ0n) is 12.7. The predicted octanol–water partition coefficient (Wildman–Crippen LogP) is 6.61. The summed E-state index contributed by atoms with van der Waals surface area (Å²) in [6.45, 7) is 1.75. The van der Waals surface area contributed by atoms with Gasteiger partial charge in [0.2, 0.25) is 5.78 Å². The number of Topliss-reactive ketones (excluding diaryl/α,β-unsaturated/α-hetero) is 1. The Morgan fingerprint density at radius 3 is 1.92 bits per heavy atom. The summed E-state index contributed by atoms with van der Waals surface area (Å²) in [6, 6.07) is 16.2. The monoisotopic (exact) mass is 394 g/mol. The first-order valence-electron chi connectivity index (χ1n) is 6.88. The summed E-state index contributed by atoms with van der Waals surface area (Å²) >= 11 is 12.2. The number of thioether (sulfide) groups is 1. The third-order valence-corrected chi connectivity index (χ3v) is 4.56. The van der Waals surface area contributed by atoms with E-state index in [1.54, 1.807) is 31.2 Å². The summed E-state index contributed by atoms with van der Waals surface area (Å²) in [5, 5.41) is 1.18. The SMILES string of the molecule is CC(SCC(=O)C(F)(F)F)c1ccc(Cl)cc1.Clc1ccccc1. The van der Waals surface area contributed by atoms with Crippen molar-refractivity contribution in [3.63, 3.8) is 0 Å². The molecule has 0 aliphatic heterocycles. The van der Waals surface area contributed by atoms with E-state index < -0.39 is 17.7 Å². The fourth-order valence-electron chi connectivity index (χ4n) is 1.53. The molecule has 2 rings (SSSR count). The molecular weight excluding hydrogens is 380 g/mol. The third kappa shape index (κ3) is 8.08. The van der Waals surface area contributed by atoms with Gasteiger partial charge in [0.1, 0.15) is 0 Å². The zero-order chi connectivity index (χ0) is 18.2. The number of rotatable bonds is 4. The molecular formula is C17H15Cl2F3OS. The molecule has 0 fully saturated rings. The lowest BCUT2D eigenvalue weighted by atomic mass is 10.2. The van der Waals surface area contributed by atoms with Crippen LogP contribution in [0.5, 0.6) is 0 Å². The van der Waals surface area contributed by atoms with Crippen LogP contribution in [0, 0.1) is 0 Å². The summed E-state index contributed by atoms with van der Waals surface area (Å²) in [5.74, 6) is -2.27. The highest BCUT2D eigenvalue weighted by Crippen LogP contribution is 2.30. The summed E-state index contributed by atoms with van der Waals surface area (Å²) < 4.78 is 35.9. The van der Waals surface area contributed by atoms with Crippen LogP contribution in [0.25, 0.3) is 0 Å². The maximum absolute atomic E-state index is 12.0. The van der Waals surface area contributed by atoms with Gasteiger partial charge in [-0.1, -0.05) is 53.5 Å². The smallest absolute Gasteiger partial charge is 0.289 e. The number of carbonyl (C=O) groups is 1. The minimum absolute atomic E-state index is 0.182. The van der Waals surface area contributed by atoms with Gasteiger partial charge >= 0.3 is 6.18 Å². The van der Waals surface area contributed by atoms with Gasteiger partial charge in [0.25, 0.3) is 0 Å². The Bertz CT molecular complexity index is 631. The van der Waals surface area contributed by atoms with Gasteiger partial charge in [-0.15, -0.1) is 11.8 Å². The Kier molecular flexibility index (Phi) is 8.67. The molecule has 0 bridgehead atoms. The van der Waals surface area contributed by atoms with E-state index in [1.807, 2.05) is 30.3 Å². The van der Waals surface area contributed by atoms with Crippen molar-refractivity contribution in [2.24, 2.45) is 0 Å². The molecule has 0 spiro atoms. The molecule has 0 aromatic heterocycles. The van der Waals surface area contributed by atoms with Gasteiger partial charge in [0, 0.05) is 15.3 Å². The molecule has 0 amide bonds. The second-order valence-electron chi connectivity index (χ2n) is 4.72. The molecule has 0 radical (unpaired) electrons. The van der Waals surface area contributed by atoms with Crippen molar-refractivity contribution in [3.8, 4) is 0 Å². The van der Waals surface area contributed by atoms with Gasteiger partial charge in [-0.05, 0) is 36.8 Å². The van der Waals surface area contributed by atoms with E-state index in [-0.39, 0.29) is 5.25 Å². The molecule has 0 aliphatic rings. The Balaban J connectivity index is 0.000000341. The summed E-state index contributed by atoms with van der Waals surface area (Å²) in [7, 11) is 0. The Morgan fingerprint density at radius 2 is 1.50 bits per heavy atom. The Hall–Kier alpha value is -1.17. The third-order valence-electron chi connectivity index (χ3n) is 2.85. The van der Waals surface area contributed by atoms with Crippen LogP contribution >= 0.6 is 35.0 Å². The number of hydrogen-bond acceptors (Lipinski definition) is 2. The van der Waals surface area contributed by atoms with Gasteiger partial charge in [0.15, 0.2) is 0 Å². The van der Waals surface area contributed by atoms with Crippen LogP contribution in [-0.4, -0.2) is 17.7 Å². The van der Waals surface area contributed by atoms with Crippen molar-refractivity contribution in [2.75, 3.05) is 5.75 Å². The number of carbonyl (C=O) groups excluding carboxylic acids is 1. The molecule has 0 N–H and O–H groups in total. The predicted molar refractivity (Wildman–Crippen MR) is 94.8 cm³/mol. The highest BCUT2D eigenvalue weighted by atomic mass is 35.5. The molecule has 24 heavy (non-hydrogen) atoms. The molecule has 0 saturated heterocycles. The van der Waals surface area contributed by atoms with Crippen LogP contribution in [-0.2, 0) is 4.79 Å². The van der Waals surface area contributed by atoms with Gasteiger partial charge in [-0.25, -0.2) is 0 Å². The highest BCUT2D eigenvalue weighted by molar-refractivity contribution is 8.00. The maximum Gasteiger partial charge on any atom is 0.450 e. The minimum Gasteiger partial charge on any atom is -0.289 e. The fourth-order valence-corrected chi connectivity index (χ4v) is 2.71. The number of alkyl halides is 3. The topological polar surface area (TPSA) is 17.1 Å². The molecule has 130 valence electrons. The summed E-state index contributed by atoms with van der Waals surface area (Å²) in [6.07, 6.45) is -4.74. The molecule has 2 aromatic rings. The van der Waals surface area contributed by atoms with E-state index in [4.69, 9.17) is 23.2 Å². The van der Waals surface area contributed by atoms with E-state index in [1.165, 1.54) is 0 Å². The van der Waals surface area contributed by atoms with E-state index >= 15 is 0 Å². The lowest BCUT2D eigenvalue weighted by molar-refractivity contribution is -0.167. The van der Waals surface area contributed by atoms with Crippen molar-refractivity contribution >= 4 is 40.7 Å². The first kappa shape index (κ1) is 20.9. The van der Waals surface area contributed by atoms with Crippen molar-refractivity contribution < 1.29 is 18.0 Å². The van der Waals surface area contributed by atoms with Gasteiger partial charge in [-0.2, -0.15) is 13.2 Å². The van der Waals surface area contributed by atoms with Gasteiger partial charge < -0.3 is 0 Å². The normalized spacial score (nSPS) is 12.1. The standard InChI is InChI=1S/C11H10ClF3OS.C6H5Cl/c1-7(8-2-4-9(12)5-3-8)17-6-10(16)11(13,14)15;7-6-4-2-1-3-5-6/h2-5,7H,6H2,1H3;1-5H. The average Bonchev–Trinajstić information content (AvgIpc) is 2.53. The minimum atomic E-state index is -4.74. The first-order chi connectivity index (χ1) is 11.2. The van der Waals surface area contributed by atoms with E-state index in [9.17, 15) is 18.0 Å². The molecule has 0 heterocycles. The van der Waals surface area contributed by atoms with Crippen molar-refractivity contribution in [1.82, 2.24) is 0 Å². The van der Waals surface area contributed by atoms with Crippen LogP contribution in [0.2, 0.25) is 10.0 Å². The van der Waals surface area contributed by atoms with Crippen molar-refractivity contribution in [3.05, 3.63) is 70.2 Å². The van der Waals surface area contributed by atoms with Gasteiger partial charge in [0.05, 0.1) is 5.75 Å². The number of halogens is 5. The molecule has 1 atom stereocenters. The highest BCUT2D eigenvalue weighted by Gasteiger charge is 2.37. The quantitative estimate of drug-likeness (QED) is 0.580. The molecule has 0 saturated carbocycles.